The summed E-state index contributed by atoms with van der Waals surface area (Å²) < 4.78 is 5.34. The summed E-state index contributed by atoms with van der Waals surface area (Å²) in [6.07, 6.45) is 2.52. The molecule has 26 heavy (non-hydrogen) atoms. The number of methoxy groups -OCH3 is 1. The highest BCUT2D eigenvalue weighted by Gasteiger charge is 2.22. The molecule has 2 fully saturated rings. The van der Waals surface area contributed by atoms with Gasteiger partial charge in [0, 0.05) is 49.2 Å². The number of benzene rings is 1. The Balaban J connectivity index is 0.00000243. The minimum absolute atomic E-state index is 0. The monoisotopic (exact) mass is 399 g/mol. The first-order valence-electron chi connectivity index (χ1n) is 8.75. The second kappa shape index (κ2) is 10.0. The van der Waals surface area contributed by atoms with Crippen molar-refractivity contribution in [2.75, 3.05) is 43.6 Å². The van der Waals surface area contributed by atoms with Crippen molar-refractivity contribution in [2.45, 2.75) is 25.3 Å². The molecular weight excluding hydrogens is 374 g/mol. The van der Waals surface area contributed by atoms with E-state index < -0.39 is 0 Å². The molecule has 2 aliphatic rings. The quantitative estimate of drug-likeness (QED) is 0.795. The molecule has 0 bridgehead atoms. The molecule has 6 nitrogen and oxygen atoms in total. The normalized spacial score (nSPS) is 19.6. The van der Waals surface area contributed by atoms with E-state index in [1.165, 1.54) is 0 Å². The fourth-order valence-electron chi connectivity index (χ4n) is 3.22. The van der Waals surface area contributed by atoms with E-state index in [0.717, 1.165) is 44.0 Å². The third kappa shape index (κ3) is 5.28. The molecule has 144 valence electrons. The zero-order chi connectivity index (χ0) is 17.6. The van der Waals surface area contributed by atoms with Gasteiger partial charge in [-0.05, 0) is 31.0 Å². The van der Waals surface area contributed by atoms with Gasteiger partial charge >= 0.3 is 0 Å². The summed E-state index contributed by atoms with van der Waals surface area (Å²) in [6, 6.07) is 5.42. The van der Waals surface area contributed by atoms with Crippen molar-refractivity contribution in [1.82, 2.24) is 10.2 Å². The summed E-state index contributed by atoms with van der Waals surface area (Å²) >= 11 is 1.86. The molecule has 1 atom stereocenters. The maximum Gasteiger partial charge on any atom is 0.253 e. The predicted molar refractivity (Wildman–Crippen MR) is 108 cm³/mol. The lowest BCUT2D eigenvalue weighted by molar-refractivity contribution is -0.116. The number of amides is 2. The van der Waals surface area contributed by atoms with Crippen LogP contribution >= 0.6 is 24.2 Å². The number of nitrogens with zero attached hydrogens (tertiary/aromatic N) is 1. The van der Waals surface area contributed by atoms with Gasteiger partial charge in [0.1, 0.15) is 5.75 Å². The summed E-state index contributed by atoms with van der Waals surface area (Å²) in [4.78, 5) is 26.8. The van der Waals surface area contributed by atoms with E-state index >= 15 is 0 Å². The van der Waals surface area contributed by atoms with E-state index in [2.05, 4.69) is 10.6 Å². The number of ether oxygens (including phenoxy) is 1. The van der Waals surface area contributed by atoms with Gasteiger partial charge in [0.2, 0.25) is 5.91 Å². The average molecular weight is 400 g/mol. The van der Waals surface area contributed by atoms with Crippen LogP contribution in [0, 0.1) is 0 Å². The average Bonchev–Trinajstić information content (AvgIpc) is 3.16. The van der Waals surface area contributed by atoms with Crippen LogP contribution in [0.3, 0.4) is 0 Å². The van der Waals surface area contributed by atoms with Crippen molar-refractivity contribution in [3.8, 4) is 5.75 Å². The molecule has 3 rings (SSSR count). The number of likely N-dealkylation sites (tertiary alicyclic amines) is 1. The molecule has 0 saturated carbocycles. The maximum absolute atomic E-state index is 12.6. The number of thioether (sulfide) groups is 1. The number of hydrogen-bond donors (Lipinski definition) is 2. The second-order valence-corrected chi connectivity index (χ2v) is 7.54. The van der Waals surface area contributed by atoms with Crippen LogP contribution in [0.2, 0.25) is 0 Å². The first kappa shape index (κ1) is 20.9. The fourth-order valence-corrected chi connectivity index (χ4v) is 4.17. The summed E-state index contributed by atoms with van der Waals surface area (Å²) in [5.41, 5.74) is 1.14. The second-order valence-electron chi connectivity index (χ2n) is 6.39. The number of hydrogen-bond acceptors (Lipinski definition) is 5. The standard InChI is InChI=1S/C18H25N3O3S.ClH/c1-24-16-5-4-13(18(23)21-7-2-3-8-21)10-15(16)20-17(22)11-14-12-25-9-6-19-14;/h4-5,10,14,19H,2-3,6-9,11-12H2,1H3,(H,20,22);1H. The highest BCUT2D eigenvalue weighted by Crippen LogP contribution is 2.27. The molecule has 2 N–H and O–H groups in total. The summed E-state index contributed by atoms with van der Waals surface area (Å²) in [5, 5.41) is 6.27. The molecule has 1 unspecified atom stereocenters. The van der Waals surface area contributed by atoms with Crippen LogP contribution < -0.4 is 15.4 Å². The minimum atomic E-state index is -0.0657. The SMILES string of the molecule is COc1ccc(C(=O)N2CCCC2)cc1NC(=O)CC1CSCCN1.Cl. The highest BCUT2D eigenvalue weighted by molar-refractivity contribution is 7.99. The van der Waals surface area contributed by atoms with E-state index in [1.54, 1.807) is 25.3 Å². The van der Waals surface area contributed by atoms with E-state index in [4.69, 9.17) is 4.74 Å². The van der Waals surface area contributed by atoms with Gasteiger partial charge in [0.15, 0.2) is 0 Å². The lowest BCUT2D eigenvalue weighted by atomic mass is 10.1. The Morgan fingerprint density at radius 2 is 2.12 bits per heavy atom. The molecule has 1 aromatic rings. The fraction of sp³-hybridized carbons (Fsp3) is 0.556. The molecule has 0 aromatic heterocycles. The van der Waals surface area contributed by atoms with Crippen LogP contribution in [0.25, 0.3) is 0 Å². The lowest BCUT2D eigenvalue weighted by Crippen LogP contribution is -2.39. The van der Waals surface area contributed by atoms with Gasteiger partial charge in [-0.3, -0.25) is 9.59 Å². The first-order chi connectivity index (χ1) is 12.2. The third-order valence-electron chi connectivity index (χ3n) is 4.54. The lowest BCUT2D eigenvalue weighted by Gasteiger charge is -2.23. The molecule has 2 amide bonds. The number of nitrogens with one attached hydrogen (secondary N) is 2. The van der Waals surface area contributed by atoms with Gasteiger partial charge < -0.3 is 20.3 Å². The molecule has 2 aliphatic heterocycles. The molecule has 2 saturated heterocycles. The number of rotatable bonds is 5. The number of halogens is 1. The number of anilines is 1. The Morgan fingerprint density at radius 3 is 2.77 bits per heavy atom. The summed E-state index contributed by atoms with van der Waals surface area (Å²) in [7, 11) is 1.56. The van der Waals surface area contributed by atoms with E-state index in [1.807, 2.05) is 16.7 Å². The van der Waals surface area contributed by atoms with Gasteiger partial charge in [0.05, 0.1) is 12.8 Å². The third-order valence-corrected chi connectivity index (χ3v) is 5.67. The molecule has 8 heteroatoms. The van der Waals surface area contributed by atoms with Crippen LogP contribution in [0.4, 0.5) is 5.69 Å². The molecule has 1 aromatic carbocycles. The zero-order valence-electron chi connectivity index (χ0n) is 15.0. The van der Waals surface area contributed by atoms with Crippen LogP contribution in [-0.2, 0) is 4.79 Å². The summed E-state index contributed by atoms with van der Waals surface area (Å²) in [5.74, 6) is 2.55. The Morgan fingerprint density at radius 1 is 1.35 bits per heavy atom. The highest BCUT2D eigenvalue weighted by atomic mass is 35.5. The molecule has 0 aliphatic carbocycles. The molecular formula is C18H26ClN3O3S. The molecule has 0 radical (unpaired) electrons. The van der Waals surface area contributed by atoms with Crippen molar-refractivity contribution in [3.63, 3.8) is 0 Å². The Bertz CT molecular complexity index is 632. The largest absolute Gasteiger partial charge is 0.495 e. The van der Waals surface area contributed by atoms with Crippen LogP contribution in [0.15, 0.2) is 18.2 Å². The smallest absolute Gasteiger partial charge is 0.253 e. The van der Waals surface area contributed by atoms with Crippen LogP contribution in [0.5, 0.6) is 5.75 Å². The molecule has 2 heterocycles. The Hall–Kier alpha value is -1.44. The van der Waals surface area contributed by atoms with Gasteiger partial charge in [-0.15, -0.1) is 12.4 Å². The van der Waals surface area contributed by atoms with Gasteiger partial charge in [-0.2, -0.15) is 11.8 Å². The minimum Gasteiger partial charge on any atom is -0.495 e. The first-order valence-corrected chi connectivity index (χ1v) is 9.91. The molecule has 0 spiro atoms. The van der Waals surface area contributed by atoms with Crippen LogP contribution in [0.1, 0.15) is 29.6 Å². The zero-order valence-corrected chi connectivity index (χ0v) is 16.6. The predicted octanol–water partition coefficient (Wildman–Crippen LogP) is 2.39. The van der Waals surface area contributed by atoms with Gasteiger partial charge in [-0.1, -0.05) is 0 Å². The van der Waals surface area contributed by atoms with Crippen molar-refractivity contribution in [1.29, 1.82) is 0 Å². The topological polar surface area (TPSA) is 70.7 Å². The van der Waals surface area contributed by atoms with Crippen molar-refractivity contribution < 1.29 is 14.3 Å². The Labute approximate surface area is 164 Å². The van der Waals surface area contributed by atoms with E-state index in [0.29, 0.717) is 23.4 Å². The maximum atomic E-state index is 12.6. The van der Waals surface area contributed by atoms with Gasteiger partial charge in [-0.25, -0.2) is 0 Å². The Kier molecular flexibility index (Phi) is 8.06. The van der Waals surface area contributed by atoms with Crippen molar-refractivity contribution in [3.05, 3.63) is 23.8 Å². The van der Waals surface area contributed by atoms with E-state index in [9.17, 15) is 9.59 Å². The van der Waals surface area contributed by atoms with Crippen molar-refractivity contribution in [2.24, 2.45) is 0 Å². The van der Waals surface area contributed by atoms with Crippen LogP contribution in [-0.4, -0.2) is 61.0 Å². The van der Waals surface area contributed by atoms with Gasteiger partial charge in [0.25, 0.3) is 5.91 Å². The van der Waals surface area contributed by atoms with E-state index in [-0.39, 0.29) is 30.3 Å². The number of carbonyl (C=O) groups is 2. The number of carbonyl (C=O) groups excluding carboxylic acids is 2. The van der Waals surface area contributed by atoms with Crippen molar-refractivity contribution >= 4 is 41.7 Å². The summed E-state index contributed by atoms with van der Waals surface area (Å²) in [6.45, 7) is 2.54.